The van der Waals surface area contributed by atoms with E-state index in [0.29, 0.717) is 23.1 Å². The maximum absolute atomic E-state index is 11.4. The zero-order chi connectivity index (χ0) is 11.8. The van der Waals surface area contributed by atoms with E-state index in [2.05, 4.69) is 4.99 Å². The lowest BCUT2D eigenvalue weighted by Gasteiger charge is -1.97. The van der Waals surface area contributed by atoms with Gasteiger partial charge in [0, 0.05) is 6.92 Å². The Kier molecular flexibility index (Phi) is 2.11. The van der Waals surface area contributed by atoms with E-state index >= 15 is 0 Å². The van der Waals surface area contributed by atoms with Gasteiger partial charge in [-0.05, 0) is 23.8 Å². The topological polar surface area (TPSA) is 57.1 Å². The summed E-state index contributed by atoms with van der Waals surface area (Å²) in [6.45, 7) is 1.87. The van der Waals surface area contributed by atoms with Crippen LogP contribution in [0.2, 0.25) is 0 Å². The van der Waals surface area contributed by atoms with Gasteiger partial charge in [-0.25, -0.2) is 9.79 Å². The normalized spacial score (nSPS) is 19.5. The Morgan fingerprint density at radius 3 is 2.88 bits per heavy atom. The minimum atomic E-state index is -0.430. The van der Waals surface area contributed by atoms with Gasteiger partial charge >= 0.3 is 5.97 Å². The Morgan fingerprint density at radius 2 is 2.12 bits per heavy atom. The fourth-order valence-electron chi connectivity index (χ4n) is 1.68. The van der Waals surface area contributed by atoms with E-state index in [-0.39, 0.29) is 6.79 Å². The molecule has 0 saturated heterocycles. The highest BCUT2D eigenvalue weighted by Crippen LogP contribution is 2.33. The van der Waals surface area contributed by atoms with Crippen LogP contribution >= 0.6 is 0 Å². The molecule has 5 nitrogen and oxygen atoms in total. The molecule has 0 amide bonds. The van der Waals surface area contributed by atoms with Crippen molar-refractivity contribution in [1.82, 2.24) is 0 Å². The lowest BCUT2D eigenvalue weighted by Crippen LogP contribution is -1.99. The third-order valence-electron chi connectivity index (χ3n) is 2.43. The van der Waals surface area contributed by atoms with Crippen molar-refractivity contribution in [3.8, 4) is 11.5 Å². The molecule has 3 rings (SSSR count). The van der Waals surface area contributed by atoms with E-state index in [0.717, 1.165) is 5.56 Å². The van der Waals surface area contributed by atoms with Gasteiger partial charge in [-0.15, -0.1) is 0 Å². The van der Waals surface area contributed by atoms with E-state index < -0.39 is 5.97 Å². The largest absolute Gasteiger partial charge is 0.454 e. The number of rotatable bonds is 1. The van der Waals surface area contributed by atoms with Gasteiger partial charge in [0.2, 0.25) is 6.79 Å². The van der Waals surface area contributed by atoms with Crippen LogP contribution in [0, 0.1) is 0 Å². The van der Waals surface area contributed by atoms with Crippen LogP contribution < -0.4 is 9.47 Å². The molecule has 1 aromatic carbocycles. The van der Waals surface area contributed by atoms with Crippen LogP contribution in [-0.4, -0.2) is 18.7 Å². The highest BCUT2D eigenvalue weighted by molar-refractivity contribution is 6.06. The van der Waals surface area contributed by atoms with E-state index in [1.54, 1.807) is 25.1 Å². The van der Waals surface area contributed by atoms with Gasteiger partial charge in [-0.2, -0.15) is 0 Å². The maximum Gasteiger partial charge on any atom is 0.363 e. The van der Waals surface area contributed by atoms with Crippen molar-refractivity contribution in [3.63, 3.8) is 0 Å². The summed E-state index contributed by atoms with van der Waals surface area (Å²) in [7, 11) is 0. The Morgan fingerprint density at radius 1 is 1.29 bits per heavy atom. The molecule has 17 heavy (non-hydrogen) atoms. The van der Waals surface area contributed by atoms with Crippen molar-refractivity contribution in [2.24, 2.45) is 4.99 Å². The molecule has 2 aliphatic rings. The minimum Gasteiger partial charge on any atom is -0.454 e. The molecule has 0 saturated carbocycles. The van der Waals surface area contributed by atoms with E-state index in [1.165, 1.54) is 0 Å². The Balaban J connectivity index is 1.96. The highest BCUT2D eigenvalue weighted by atomic mass is 16.7. The summed E-state index contributed by atoms with van der Waals surface area (Å²) < 4.78 is 15.3. The van der Waals surface area contributed by atoms with Crippen LogP contribution in [0.4, 0.5) is 0 Å². The quantitative estimate of drug-likeness (QED) is 0.545. The number of carbonyl (C=O) groups excluding carboxylic acids is 1. The second-order valence-corrected chi connectivity index (χ2v) is 3.66. The lowest BCUT2D eigenvalue weighted by atomic mass is 10.1. The van der Waals surface area contributed by atoms with Crippen LogP contribution in [0.5, 0.6) is 11.5 Å². The van der Waals surface area contributed by atoms with Gasteiger partial charge in [0.25, 0.3) is 0 Å². The smallest absolute Gasteiger partial charge is 0.363 e. The average Bonchev–Trinajstić information content (AvgIpc) is 2.85. The Bertz CT molecular complexity index is 560. The maximum atomic E-state index is 11.4. The predicted molar refractivity (Wildman–Crippen MR) is 59.7 cm³/mol. The van der Waals surface area contributed by atoms with E-state index in [1.807, 2.05) is 6.07 Å². The number of cyclic esters (lactones) is 1. The molecule has 0 atom stereocenters. The molecule has 0 fully saturated rings. The third-order valence-corrected chi connectivity index (χ3v) is 2.43. The van der Waals surface area contributed by atoms with Gasteiger partial charge in [0.1, 0.15) is 0 Å². The number of nitrogens with zero attached hydrogens (tertiary/aromatic N) is 1. The number of hydrogen-bond acceptors (Lipinski definition) is 5. The lowest BCUT2D eigenvalue weighted by molar-refractivity contribution is -0.130. The number of hydrogen-bond donors (Lipinski definition) is 0. The molecule has 1 aromatic rings. The first-order chi connectivity index (χ1) is 8.22. The van der Waals surface area contributed by atoms with Crippen molar-refractivity contribution >= 4 is 17.9 Å². The Hall–Kier alpha value is -2.30. The minimum absolute atomic E-state index is 0.231. The summed E-state index contributed by atoms with van der Waals surface area (Å²) in [5, 5.41) is 0. The van der Waals surface area contributed by atoms with Crippen LogP contribution in [0.1, 0.15) is 12.5 Å². The van der Waals surface area contributed by atoms with Gasteiger partial charge in [-0.3, -0.25) is 0 Å². The molecular weight excluding hydrogens is 222 g/mol. The van der Waals surface area contributed by atoms with Crippen molar-refractivity contribution in [2.45, 2.75) is 6.92 Å². The van der Waals surface area contributed by atoms with Gasteiger partial charge in [-0.1, -0.05) is 6.07 Å². The van der Waals surface area contributed by atoms with Crippen molar-refractivity contribution in [1.29, 1.82) is 0 Å². The molecule has 86 valence electrons. The summed E-state index contributed by atoms with van der Waals surface area (Å²) in [5.74, 6) is 1.31. The fraction of sp³-hybridized carbons (Fsp3) is 0.167. The summed E-state index contributed by atoms with van der Waals surface area (Å²) >= 11 is 0. The number of carbonyl (C=O) groups is 1. The molecule has 0 unspecified atom stereocenters. The van der Waals surface area contributed by atoms with Crippen LogP contribution in [-0.2, 0) is 9.53 Å². The first kappa shape index (κ1) is 9.89. The van der Waals surface area contributed by atoms with E-state index in [4.69, 9.17) is 14.2 Å². The van der Waals surface area contributed by atoms with Gasteiger partial charge in [0.05, 0.1) is 0 Å². The van der Waals surface area contributed by atoms with Crippen molar-refractivity contribution in [2.75, 3.05) is 6.79 Å². The molecule has 0 bridgehead atoms. The molecular formula is C12H9NO4. The summed E-state index contributed by atoms with van der Waals surface area (Å²) in [6, 6.07) is 5.42. The molecule has 0 radical (unpaired) electrons. The van der Waals surface area contributed by atoms with Crippen LogP contribution in [0.3, 0.4) is 0 Å². The van der Waals surface area contributed by atoms with Crippen molar-refractivity contribution < 1.29 is 19.0 Å². The number of aliphatic imine (C=N–C) groups is 1. The standard InChI is InChI=1S/C12H9NO4/c1-7-13-9(12(14)17-7)4-8-2-3-10-11(5-8)16-6-15-10/h2-5H,6H2,1H3/b9-4-. The Labute approximate surface area is 97.3 Å². The molecule has 0 aliphatic carbocycles. The monoisotopic (exact) mass is 231 g/mol. The first-order valence-electron chi connectivity index (χ1n) is 5.11. The van der Waals surface area contributed by atoms with Crippen LogP contribution in [0.15, 0.2) is 28.9 Å². The number of fused-ring (bicyclic) bond motifs is 1. The summed E-state index contributed by atoms with van der Waals surface area (Å²) in [4.78, 5) is 15.4. The van der Waals surface area contributed by atoms with Gasteiger partial charge in [0.15, 0.2) is 23.1 Å². The third kappa shape index (κ3) is 1.75. The average molecular weight is 231 g/mol. The summed E-state index contributed by atoms with van der Waals surface area (Å²) in [6.07, 6.45) is 1.65. The molecule has 0 N–H and O–H groups in total. The zero-order valence-corrected chi connectivity index (χ0v) is 9.10. The van der Waals surface area contributed by atoms with Crippen LogP contribution in [0.25, 0.3) is 6.08 Å². The zero-order valence-electron chi connectivity index (χ0n) is 9.10. The molecule has 2 aliphatic heterocycles. The summed E-state index contributed by atoms with van der Waals surface area (Å²) in [5.41, 5.74) is 1.11. The second-order valence-electron chi connectivity index (χ2n) is 3.66. The molecule has 5 heteroatoms. The highest BCUT2D eigenvalue weighted by Gasteiger charge is 2.20. The van der Waals surface area contributed by atoms with E-state index in [9.17, 15) is 4.79 Å². The molecule has 2 heterocycles. The molecule has 0 aromatic heterocycles. The first-order valence-corrected chi connectivity index (χ1v) is 5.11. The second kappa shape index (κ2) is 3.62. The number of esters is 1. The SMILES string of the molecule is CC1=N/C(=C\c2ccc3c(c2)OCO3)C(=O)O1. The fourth-order valence-corrected chi connectivity index (χ4v) is 1.68. The van der Waals surface area contributed by atoms with Gasteiger partial charge < -0.3 is 14.2 Å². The van der Waals surface area contributed by atoms with Crippen molar-refractivity contribution in [3.05, 3.63) is 29.5 Å². The number of ether oxygens (including phenoxy) is 3. The molecule has 0 spiro atoms. The number of benzene rings is 1. The predicted octanol–water partition coefficient (Wildman–Crippen LogP) is 1.73.